The third-order valence-corrected chi connectivity index (χ3v) is 4.91. The number of amides is 1. The largest absolute Gasteiger partial charge is 0.356 e. The van der Waals surface area contributed by atoms with Gasteiger partial charge in [0.05, 0.1) is 6.61 Å². The number of carbonyl (C=O) groups excluding carboxylic acids is 1. The van der Waals surface area contributed by atoms with Crippen LogP contribution in [0.15, 0.2) is 60.7 Å². The number of carbonyl (C=O) groups is 1. The van der Waals surface area contributed by atoms with Crippen molar-refractivity contribution >= 4 is 5.91 Å². The minimum absolute atomic E-state index is 0.000937. The van der Waals surface area contributed by atoms with Gasteiger partial charge in [0, 0.05) is 13.1 Å². The van der Waals surface area contributed by atoms with Crippen molar-refractivity contribution in [3.63, 3.8) is 0 Å². The highest BCUT2D eigenvalue weighted by Crippen LogP contribution is 2.36. The molecule has 0 unspecified atom stereocenters. The summed E-state index contributed by atoms with van der Waals surface area (Å²) < 4.78 is 17.2. The standard InChI is InChI=1S/C22H25NO4/c1-22(2)25-15-18(27-22)19-20(26-19)21(24)23(13-16-9-5-3-6-10-16)14-17-11-7-4-8-12-17/h3-12,18-20H,13-15H2,1-2H3/t18-,19-,20+/m1/s1. The maximum absolute atomic E-state index is 13.1. The molecule has 2 aliphatic heterocycles. The van der Waals surface area contributed by atoms with E-state index in [0.717, 1.165) is 11.1 Å². The molecule has 0 saturated carbocycles. The number of hydrogen-bond acceptors (Lipinski definition) is 4. The number of nitrogens with zero attached hydrogens (tertiary/aromatic N) is 1. The second-order valence-corrected chi connectivity index (χ2v) is 7.55. The Balaban J connectivity index is 1.46. The molecule has 1 amide bonds. The zero-order valence-corrected chi connectivity index (χ0v) is 15.7. The van der Waals surface area contributed by atoms with Crippen LogP contribution in [0.3, 0.4) is 0 Å². The molecule has 2 aromatic carbocycles. The van der Waals surface area contributed by atoms with Gasteiger partial charge in [0.25, 0.3) is 5.91 Å². The molecule has 4 rings (SSSR count). The van der Waals surface area contributed by atoms with E-state index in [1.165, 1.54) is 0 Å². The number of rotatable bonds is 6. The Bertz CT molecular complexity index is 736. The van der Waals surface area contributed by atoms with Crippen LogP contribution >= 0.6 is 0 Å². The summed E-state index contributed by atoms with van der Waals surface area (Å²) >= 11 is 0. The minimum atomic E-state index is -0.613. The lowest BCUT2D eigenvalue weighted by Gasteiger charge is -2.23. The molecule has 5 nitrogen and oxygen atoms in total. The molecule has 0 N–H and O–H groups in total. The van der Waals surface area contributed by atoms with Crippen LogP contribution in [0.25, 0.3) is 0 Å². The topological polar surface area (TPSA) is 51.3 Å². The average molecular weight is 367 g/mol. The van der Waals surface area contributed by atoms with Crippen LogP contribution in [0.1, 0.15) is 25.0 Å². The first-order chi connectivity index (χ1) is 13.0. The number of benzene rings is 2. The molecular weight excluding hydrogens is 342 g/mol. The Hall–Kier alpha value is -2.21. The molecule has 2 aliphatic rings. The molecule has 0 radical (unpaired) electrons. The van der Waals surface area contributed by atoms with Gasteiger partial charge in [-0.3, -0.25) is 4.79 Å². The van der Waals surface area contributed by atoms with Gasteiger partial charge < -0.3 is 19.1 Å². The normalized spacial score (nSPS) is 25.9. The van der Waals surface area contributed by atoms with Crippen LogP contribution in [0, 0.1) is 0 Å². The predicted molar refractivity (Wildman–Crippen MR) is 101 cm³/mol. The highest BCUT2D eigenvalue weighted by molar-refractivity contribution is 5.84. The fourth-order valence-electron chi connectivity index (χ4n) is 3.48. The summed E-state index contributed by atoms with van der Waals surface area (Å²) in [7, 11) is 0. The molecule has 2 heterocycles. The van der Waals surface area contributed by atoms with E-state index < -0.39 is 11.9 Å². The second-order valence-electron chi connectivity index (χ2n) is 7.55. The van der Waals surface area contributed by atoms with Crippen LogP contribution in [0.4, 0.5) is 0 Å². The van der Waals surface area contributed by atoms with Crippen LogP contribution < -0.4 is 0 Å². The van der Waals surface area contributed by atoms with Crippen molar-refractivity contribution in [1.82, 2.24) is 4.90 Å². The van der Waals surface area contributed by atoms with Crippen molar-refractivity contribution < 1.29 is 19.0 Å². The zero-order chi connectivity index (χ0) is 18.9. The van der Waals surface area contributed by atoms with Crippen LogP contribution in [-0.2, 0) is 32.1 Å². The highest BCUT2D eigenvalue weighted by atomic mass is 16.8. The van der Waals surface area contributed by atoms with E-state index in [4.69, 9.17) is 14.2 Å². The summed E-state index contributed by atoms with van der Waals surface area (Å²) in [4.78, 5) is 15.0. The third kappa shape index (κ3) is 4.38. The van der Waals surface area contributed by atoms with Crippen molar-refractivity contribution in [3.8, 4) is 0 Å². The minimum Gasteiger partial charge on any atom is -0.356 e. The number of epoxide rings is 1. The Kier molecular flexibility index (Phi) is 5.00. The quantitative estimate of drug-likeness (QED) is 0.736. The molecule has 27 heavy (non-hydrogen) atoms. The van der Waals surface area contributed by atoms with E-state index >= 15 is 0 Å². The van der Waals surface area contributed by atoms with Gasteiger partial charge in [-0.2, -0.15) is 0 Å². The van der Waals surface area contributed by atoms with Crippen molar-refractivity contribution in [2.45, 2.75) is 51.0 Å². The van der Waals surface area contributed by atoms with E-state index in [0.29, 0.717) is 19.7 Å². The van der Waals surface area contributed by atoms with E-state index in [2.05, 4.69) is 0 Å². The Morgan fingerprint density at radius 3 is 2.04 bits per heavy atom. The van der Waals surface area contributed by atoms with Crippen molar-refractivity contribution in [3.05, 3.63) is 71.8 Å². The fourth-order valence-corrected chi connectivity index (χ4v) is 3.48. The van der Waals surface area contributed by atoms with Crippen molar-refractivity contribution in [2.75, 3.05) is 6.61 Å². The summed E-state index contributed by atoms with van der Waals surface area (Å²) in [5, 5.41) is 0. The average Bonchev–Trinajstić information content (AvgIpc) is 3.39. The van der Waals surface area contributed by atoms with Gasteiger partial charge >= 0.3 is 0 Å². The van der Waals surface area contributed by atoms with E-state index in [9.17, 15) is 4.79 Å². The molecule has 2 fully saturated rings. The smallest absolute Gasteiger partial charge is 0.255 e. The highest BCUT2D eigenvalue weighted by Gasteiger charge is 2.55. The summed E-state index contributed by atoms with van der Waals surface area (Å²) in [6, 6.07) is 20.1. The van der Waals surface area contributed by atoms with E-state index in [1.807, 2.05) is 79.4 Å². The lowest BCUT2D eigenvalue weighted by Crippen LogP contribution is -2.36. The monoisotopic (exact) mass is 367 g/mol. The first-order valence-electron chi connectivity index (χ1n) is 9.36. The molecule has 0 spiro atoms. The van der Waals surface area contributed by atoms with Gasteiger partial charge in [0.2, 0.25) is 0 Å². The first-order valence-corrected chi connectivity index (χ1v) is 9.36. The molecule has 5 heteroatoms. The van der Waals surface area contributed by atoms with Gasteiger partial charge in [-0.1, -0.05) is 60.7 Å². The first kappa shape index (κ1) is 18.2. The maximum atomic E-state index is 13.1. The van der Waals surface area contributed by atoms with Gasteiger partial charge in [-0.15, -0.1) is 0 Å². The summed E-state index contributed by atoms with van der Waals surface area (Å²) in [6.07, 6.45) is -0.877. The second kappa shape index (κ2) is 7.43. The lowest BCUT2D eigenvalue weighted by molar-refractivity contribution is -0.141. The van der Waals surface area contributed by atoms with E-state index in [1.54, 1.807) is 0 Å². The third-order valence-electron chi connectivity index (χ3n) is 4.91. The van der Waals surface area contributed by atoms with Crippen LogP contribution in [0.2, 0.25) is 0 Å². The predicted octanol–water partition coefficient (Wildman–Crippen LogP) is 3.13. The number of ether oxygens (including phenoxy) is 3. The SMILES string of the molecule is CC1(C)OC[C@H]([C@H]2O[C@@H]2C(=O)N(Cc2ccccc2)Cc2ccccc2)O1. The molecule has 142 valence electrons. The fraction of sp³-hybridized carbons (Fsp3) is 0.409. The lowest BCUT2D eigenvalue weighted by atomic mass is 10.1. The van der Waals surface area contributed by atoms with E-state index in [-0.39, 0.29) is 18.1 Å². The van der Waals surface area contributed by atoms with Crippen LogP contribution in [0.5, 0.6) is 0 Å². The van der Waals surface area contributed by atoms with Gasteiger partial charge in [0.1, 0.15) is 12.2 Å². The van der Waals surface area contributed by atoms with Crippen LogP contribution in [-0.4, -0.2) is 41.5 Å². The Morgan fingerprint density at radius 1 is 1.00 bits per heavy atom. The van der Waals surface area contributed by atoms with Crippen molar-refractivity contribution in [2.24, 2.45) is 0 Å². The molecule has 2 saturated heterocycles. The summed E-state index contributed by atoms with van der Waals surface area (Å²) in [5.41, 5.74) is 2.20. The molecule has 2 aromatic rings. The van der Waals surface area contributed by atoms with Crippen molar-refractivity contribution in [1.29, 1.82) is 0 Å². The summed E-state index contributed by atoms with van der Waals surface area (Å²) in [6.45, 7) is 5.31. The Morgan fingerprint density at radius 2 is 1.56 bits per heavy atom. The molecule has 3 atom stereocenters. The van der Waals surface area contributed by atoms with Gasteiger partial charge in [-0.05, 0) is 25.0 Å². The van der Waals surface area contributed by atoms with Gasteiger partial charge in [-0.25, -0.2) is 0 Å². The Labute approximate surface area is 159 Å². The maximum Gasteiger partial charge on any atom is 0.255 e. The summed E-state index contributed by atoms with van der Waals surface area (Å²) in [5.74, 6) is -0.612. The molecular formula is C22H25NO4. The number of hydrogen-bond donors (Lipinski definition) is 0. The zero-order valence-electron chi connectivity index (χ0n) is 15.7. The van der Waals surface area contributed by atoms with Gasteiger partial charge in [0.15, 0.2) is 11.9 Å². The molecule has 0 aromatic heterocycles. The molecule has 0 aliphatic carbocycles. The molecule has 0 bridgehead atoms.